The number of nitrogens with one attached hydrogen (secondary N) is 2. The first kappa shape index (κ1) is 15.8. The highest BCUT2D eigenvalue weighted by atomic mass is 79.9. The van der Waals surface area contributed by atoms with Crippen molar-refractivity contribution in [3.8, 4) is 0 Å². The van der Waals surface area contributed by atoms with E-state index in [2.05, 4.69) is 31.5 Å². The Labute approximate surface area is 137 Å². The Morgan fingerprint density at radius 3 is 2.76 bits per heavy atom. The number of rotatable bonds is 4. The fourth-order valence-corrected chi connectivity index (χ4v) is 2.27. The van der Waals surface area contributed by atoms with Crippen molar-refractivity contribution >= 4 is 44.9 Å². The first-order valence-electron chi connectivity index (χ1n) is 6.48. The Morgan fingerprint density at radius 2 is 2.14 bits per heavy atom. The van der Waals surface area contributed by atoms with Gasteiger partial charge in [-0.05, 0) is 43.7 Å². The van der Waals surface area contributed by atoms with Gasteiger partial charge in [-0.1, -0.05) is 27.5 Å². The number of carbonyl (C=O) groups is 1. The Bertz CT molecular complexity index is 676. The molecule has 0 saturated heterocycles. The van der Waals surface area contributed by atoms with E-state index in [9.17, 15) is 4.79 Å². The lowest BCUT2D eigenvalue weighted by Gasteiger charge is -2.09. The molecule has 0 aliphatic carbocycles. The zero-order valence-electron chi connectivity index (χ0n) is 11.7. The van der Waals surface area contributed by atoms with Crippen LogP contribution in [0.2, 0.25) is 5.02 Å². The third-order valence-electron chi connectivity index (χ3n) is 2.86. The SMILES string of the molecule is CCNc1ncc(C(=O)Nc2ccc(Br)c(C)c2)cc1Cl. The maximum atomic E-state index is 12.2. The van der Waals surface area contributed by atoms with Crippen LogP contribution < -0.4 is 10.6 Å². The highest BCUT2D eigenvalue weighted by Gasteiger charge is 2.10. The van der Waals surface area contributed by atoms with E-state index in [0.717, 1.165) is 22.3 Å². The molecule has 1 aromatic heterocycles. The van der Waals surface area contributed by atoms with Crippen molar-refractivity contribution in [2.45, 2.75) is 13.8 Å². The molecular formula is C15H15BrClN3O. The van der Waals surface area contributed by atoms with Crippen LogP contribution in [-0.2, 0) is 0 Å². The average Bonchev–Trinajstić information content (AvgIpc) is 2.45. The molecule has 0 aliphatic heterocycles. The third kappa shape index (κ3) is 3.95. The minimum absolute atomic E-state index is 0.242. The summed E-state index contributed by atoms with van der Waals surface area (Å²) in [6, 6.07) is 7.22. The Morgan fingerprint density at radius 1 is 1.38 bits per heavy atom. The summed E-state index contributed by atoms with van der Waals surface area (Å²) < 4.78 is 1.00. The third-order valence-corrected chi connectivity index (χ3v) is 4.04. The highest BCUT2D eigenvalue weighted by molar-refractivity contribution is 9.10. The van der Waals surface area contributed by atoms with E-state index in [0.29, 0.717) is 16.4 Å². The fourth-order valence-electron chi connectivity index (χ4n) is 1.79. The van der Waals surface area contributed by atoms with Crippen molar-refractivity contribution in [3.63, 3.8) is 0 Å². The Hall–Kier alpha value is -1.59. The van der Waals surface area contributed by atoms with Crippen molar-refractivity contribution in [1.82, 2.24) is 4.98 Å². The molecule has 1 amide bonds. The van der Waals surface area contributed by atoms with Crippen LogP contribution in [0.1, 0.15) is 22.8 Å². The quantitative estimate of drug-likeness (QED) is 0.836. The van der Waals surface area contributed by atoms with Gasteiger partial charge in [0.1, 0.15) is 5.82 Å². The van der Waals surface area contributed by atoms with E-state index in [-0.39, 0.29) is 5.91 Å². The second kappa shape index (κ2) is 6.91. The minimum Gasteiger partial charge on any atom is -0.369 e. The maximum absolute atomic E-state index is 12.2. The summed E-state index contributed by atoms with van der Waals surface area (Å²) in [5, 5.41) is 6.28. The van der Waals surface area contributed by atoms with Crippen molar-refractivity contribution in [1.29, 1.82) is 0 Å². The van der Waals surface area contributed by atoms with Crippen molar-refractivity contribution in [2.75, 3.05) is 17.2 Å². The smallest absolute Gasteiger partial charge is 0.257 e. The lowest BCUT2D eigenvalue weighted by molar-refractivity contribution is 0.102. The molecule has 0 saturated carbocycles. The Balaban J connectivity index is 2.16. The van der Waals surface area contributed by atoms with Crippen molar-refractivity contribution in [3.05, 3.63) is 51.1 Å². The molecule has 0 aliphatic rings. The average molecular weight is 369 g/mol. The van der Waals surface area contributed by atoms with Gasteiger partial charge >= 0.3 is 0 Å². The molecule has 0 bridgehead atoms. The molecule has 0 atom stereocenters. The second-order valence-corrected chi connectivity index (χ2v) is 5.76. The van der Waals surface area contributed by atoms with Gasteiger partial charge in [0.15, 0.2) is 0 Å². The van der Waals surface area contributed by atoms with Crippen molar-refractivity contribution < 1.29 is 4.79 Å². The van der Waals surface area contributed by atoms with Crippen LogP contribution in [0.3, 0.4) is 0 Å². The molecule has 21 heavy (non-hydrogen) atoms. The molecule has 0 spiro atoms. The van der Waals surface area contributed by atoms with Gasteiger partial charge in [0.05, 0.1) is 10.6 Å². The molecule has 0 unspecified atom stereocenters. The number of benzene rings is 1. The number of halogens is 2. The van der Waals surface area contributed by atoms with Gasteiger partial charge in [-0.2, -0.15) is 0 Å². The highest BCUT2D eigenvalue weighted by Crippen LogP contribution is 2.22. The largest absolute Gasteiger partial charge is 0.369 e. The number of hydrogen-bond acceptors (Lipinski definition) is 3. The summed E-state index contributed by atoms with van der Waals surface area (Å²) in [5.74, 6) is 0.337. The van der Waals surface area contributed by atoms with E-state index in [1.807, 2.05) is 32.0 Å². The molecular weight excluding hydrogens is 354 g/mol. The number of nitrogens with zero attached hydrogens (tertiary/aromatic N) is 1. The molecule has 110 valence electrons. The second-order valence-electron chi connectivity index (χ2n) is 4.50. The van der Waals surface area contributed by atoms with Gasteiger partial charge in [0, 0.05) is 22.9 Å². The normalized spacial score (nSPS) is 10.3. The minimum atomic E-state index is -0.242. The number of aromatic nitrogens is 1. The van der Waals surface area contributed by atoms with E-state index < -0.39 is 0 Å². The first-order valence-corrected chi connectivity index (χ1v) is 7.65. The van der Waals surface area contributed by atoms with Gasteiger partial charge in [-0.3, -0.25) is 4.79 Å². The zero-order chi connectivity index (χ0) is 15.4. The molecule has 4 nitrogen and oxygen atoms in total. The molecule has 0 fully saturated rings. The van der Waals surface area contributed by atoms with Crippen molar-refractivity contribution in [2.24, 2.45) is 0 Å². The van der Waals surface area contributed by atoms with Crippen LogP contribution in [0.25, 0.3) is 0 Å². The number of pyridine rings is 1. The van der Waals surface area contributed by atoms with Crippen LogP contribution in [0.4, 0.5) is 11.5 Å². The summed E-state index contributed by atoms with van der Waals surface area (Å²) in [4.78, 5) is 16.3. The van der Waals surface area contributed by atoms with Gasteiger partial charge in [-0.25, -0.2) is 4.98 Å². The number of carbonyl (C=O) groups excluding carboxylic acids is 1. The fraction of sp³-hybridized carbons (Fsp3) is 0.200. The maximum Gasteiger partial charge on any atom is 0.257 e. The predicted molar refractivity (Wildman–Crippen MR) is 90.2 cm³/mol. The molecule has 2 N–H and O–H groups in total. The number of hydrogen-bond donors (Lipinski definition) is 2. The van der Waals surface area contributed by atoms with Gasteiger partial charge in [0.25, 0.3) is 5.91 Å². The van der Waals surface area contributed by atoms with Crippen LogP contribution >= 0.6 is 27.5 Å². The molecule has 2 aromatic rings. The van der Waals surface area contributed by atoms with E-state index in [1.54, 1.807) is 6.07 Å². The zero-order valence-corrected chi connectivity index (χ0v) is 14.0. The van der Waals surface area contributed by atoms with Gasteiger partial charge in [0.2, 0.25) is 0 Å². The lowest BCUT2D eigenvalue weighted by atomic mass is 10.2. The number of aryl methyl sites for hydroxylation is 1. The monoisotopic (exact) mass is 367 g/mol. The summed E-state index contributed by atoms with van der Waals surface area (Å²) >= 11 is 9.52. The summed E-state index contributed by atoms with van der Waals surface area (Å²) in [5.41, 5.74) is 2.20. The van der Waals surface area contributed by atoms with Gasteiger partial charge in [-0.15, -0.1) is 0 Å². The van der Waals surface area contributed by atoms with Crippen LogP contribution in [-0.4, -0.2) is 17.4 Å². The summed E-state index contributed by atoms with van der Waals surface area (Å²) in [6.45, 7) is 4.63. The molecule has 2 rings (SSSR count). The molecule has 1 heterocycles. The predicted octanol–water partition coefficient (Wildman–Crippen LogP) is 4.49. The van der Waals surface area contributed by atoms with Crippen LogP contribution in [0.5, 0.6) is 0 Å². The van der Waals surface area contributed by atoms with Crippen LogP contribution in [0, 0.1) is 6.92 Å². The number of anilines is 2. The van der Waals surface area contributed by atoms with E-state index >= 15 is 0 Å². The molecule has 1 aromatic carbocycles. The topological polar surface area (TPSA) is 54.0 Å². The van der Waals surface area contributed by atoms with E-state index in [1.165, 1.54) is 6.20 Å². The van der Waals surface area contributed by atoms with E-state index in [4.69, 9.17) is 11.6 Å². The first-order chi connectivity index (χ1) is 10.0. The molecule has 6 heteroatoms. The lowest BCUT2D eigenvalue weighted by Crippen LogP contribution is -2.13. The number of amides is 1. The summed E-state index contributed by atoms with van der Waals surface area (Å²) in [6.07, 6.45) is 1.50. The van der Waals surface area contributed by atoms with Gasteiger partial charge < -0.3 is 10.6 Å². The molecule has 0 radical (unpaired) electrons. The standard InChI is InChI=1S/C15H15BrClN3O/c1-3-18-14-13(17)7-10(8-19-14)15(21)20-11-4-5-12(16)9(2)6-11/h4-8H,3H2,1-2H3,(H,18,19)(H,20,21). The summed E-state index contributed by atoms with van der Waals surface area (Å²) in [7, 11) is 0. The van der Waals surface area contributed by atoms with Crippen LogP contribution in [0.15, 0.2) is 34.9 Å². The Kier molecular flexibility index (Phi) is 5.20.